The van der Waals surface area contributed by atoms with Gasteiger partial charge in [-0.3, -0.25) is 0 Å². The summed E-state index contributed by atoms with van der Waals surface area (Å²) < 4.78 is 10.6. The van der Waals surface area contributed by atoms with E-state index in [0.717, 1.165) is 0 Å². The summed E-state index contributed by atoms with van der Waals surface area (Å²) in [5, 5.41) is 18.6. The molecule has 0 aliphatic heterocycles. The van der Waals surface area contributed by atoms with Gasteiger partial charge < -0.3 is 14.6 Å². The molecule has 1 atom stereocenters. The molecule has 1 aromatic carbocycles. The van der Waals surface area contributed by atoms with Crippen LogP contribution in [0.25, 0.3) is 0 Å². The fraction of sp³-hybridized carbons (Fsp3) is 0.462. The van der Waals surface area contributed by atoms with E-state index in [1.54, 1.807) is 18.2 Å². The first-order chi connectivity index (χ1) is 8.52. The molecule has 0 aliphatic carbocycles. The van der Waals surface area contributed by atoms with E-state index in [1.165, 1.54) is 0 Å². The minimum absolute atomic E-state index is 0.0732. The maximum atomic E-state index is 9.59. The minimum atomic E-state index is -0.693. The summed E-state index contributed by atoms with van der Waals surface area (Å²) in [6, 6.07) is 6.73. The largest absolute Gasteiger partial charge is 0.491 e. The first-order valence-electron chi connectivity index (χ1n) is 5.65. The second-order valence-electron chi connectivity index (χ2n) is 4.10. The zero-order valence-corrected chi connectivity index (χ0v) is 11.1. The molecule has 1 aromatic rings. The van der Waals surface area contributed by atoms with Crippen LogP contribution in [-0.2, 0) is 4.74 Å². The van der Waals surface area contributed by atoms with E-state index >= 15 is 0 Å². The molecule has 1 unspecified atom stereocenters. The second-order valence-corrected chi connectivity index (χ2v) is 4.51. The van der Waals surface area contributed by atoms with Crippen LogP contribution in [0.5, 0.6) is 5.75 Å². The molecule has 4 nitrogen and oxygen atoms in total. The van der Waals surface area contributed by atoms with Crippen molar-refractivity contribution in [2.75, 3.05) is 13.2 Å². The molecule has 0 fully saturated rings. The number of hydrogen-bond acceptors (Lipinski definition) is 4. The number of ether oxygens (including phenoxy) is 2. The highest BCUT2D eigenvalue weighted by atomic mass is 35.5. The van der Waals surface area contributed by atoms with Crippen molar-refractivity contribution < 1.29 is 14.6 Å². The Hall–Kier alpha value is -1.28. The highest BCUT2D eigenvalue weighted by Gasteiger charge is 2.08. The monoisotopic (exact) mass is 269 g/mol. The maximum Gasteiger partial charge on any atom is 0.121 e. The first kappa shape index (κ1) is 14.8. The van der Waals surface area contributed by atoms with Gasteiger partial charge >= 0.3 is 0 Å². The average molecular weight is 270 g/mol. The average Bonchev–Trinajstić information content (AvgIpc) is 2.34. The Morgan fingerprint density at radius 3 is 2.67 bits per heavy atom. The van der Waals surface area contributed by atoms with Gasteiger partial charge in [0.2, 0.25) is 0 Å². The van der Waals surface area contributed by atoms with Gasteiger partial charge in [-0.25, -0.2) is 0 Å². The first-order valence-corrected chi connectivity index (χ1v) is 6.03. The highest BCUT2D eigenvalue weighted by molar-refractivity contribution is 6.31. The number of nitriles is 1. The van der Waals surface area contributed by atoms with Gasteiger partial charge in [0.05, 0.1) is 23.3 Å². The Kier molecular flexibility index (Phi) is 5.93. The zero-order chi connectivity index (χ0) is 13.5. The molecule has 0 saturated carbocycles. The smallest absolute Gasteiger partial charge is 0.121 e. The molecular weight excluding hydrogens is 254 g/mol. The van der Waals surface area contributed by atoms with Crippen molar-refractivity contribution in [1.29, 1.82) is 5.26 Å². The third-order valence-corrected chi connectivity index (χ3v) is 2.44. The van der Waals surface area contributed by atoms with Gasteiger partial charge in [-0.2, -0.15) is 5.26 Å². The predicted molar refractivity (Wildman–Crippen MR) is 68.8 cm³/mol. The second kappa shape index (κ2) is 7.22. The number of hydrogen-bond donors (Lipinski definition) is 1. The molecule has 0 amide bonds. The van der Waals surface area contributed by atoms with Gasteiger partial charge in [-0.05, 0) is 26.0 Å². The molecule has 0 spiro atoms. The van der Waals surface area contributed by atoms with Gasteiger partial charge in [0.15, 0.2) is 0 Å². The van der Waals surface area contributed by atoms with Crippen LogP contribution < -0.4 is 4.74 Å². The molecule has 0 heterocycles. The van der Waals surface area contributed by atoms with Crippen LogP contribution >= 0.6 is 11.6 Å². The third-order valence-electron chi connectivity index (χ3n) is 2.13. The lowest BCUT2D eigenvalue weighted by Gasteiger charge is -2.14. The van der Waals surface area contributed by atoms with Crippen LogP contribution in [0.1, 0.15) is 19.4 Å². The third kappa shape index (κ3) is 4.92. The molecule has 0 bridgehead atoms. The summed E-state index contributed by atoms with van der Waals surface area (Å²) in [6.07, 6.45) is -0.620. The Balaban J connectivity index is 2.44. The molecule has 98 valence electrons. The molecule has 0 saturated heterocycles. The summed E-state index contributed by atoms with van der Waals surface area (Å²) in [4.78, 5) is 0. The van der Waals surface area contributed by atoms with Crippen molar-refractivity contribution in [1.82, 2.24) is 0 Å². The summed E-state index contributed by atoms with van der Waals surface area (Å²) in [7, 11) is 0. The fourth-order valence-corrected chi connectivity index (χ4v) is 1.43. The van der Waals surface area contributed by atoms with Crippen LogP contribution in [0.15, 0.2) is 18.2 Å². The van der Waals surface area contributed by atoms with Crippen molar-refractivity contribution in [2.45, 2.75) is 26.1 Å². The normalized spacial score (nSPS) is 12.2. The molecule has 5 heteroatoms. The van der Waals surface area contributed by atoms with E-state index in [-0.39, 0.29) is 19.3 Å². The highest BCUT2D eigenvalue weighted by Crippen LogP contribution is 2.21. The minimum Gasteiger partial charge on any atom is -0.491 e. The topological polar surface area (TPSA) is 62.5 Å². The Morgan fingerprint density at radius 1 is 1.39 bits per heavy atom. The summed E-state index contributed by atoms with van der Waals surface area (Å²) in [5.41, 5.74) is 0.396. The number of halogens is 1. The Bertz CT molecular complexity index is 429. The van der Waals surface area contributed by atoms with Crippen molar-refractivity contribution >= 4 is 11.6 Å². The number of aliphatic hydroxyl groups excluding tert-OH is 1. The van der Waals surface area contributed by atoms with E-state index in [2.05, 4.69) is 0 Å². The van der Waals surface area contributed by atoms with Crippen LogP contribution in [0.2, 0.25) is 5.02 Å². The number of rotatable bonds is 6. The molecular formula is C13H16ClNO3. The number of aliphatic hydroxyl groups is 1. The van der Waals surface area contributed by atoms with Crippen LogP contribution in [0.3, 0.4) is 0 Å². The lowest BCUT2D eigenvalue weighted by molar-refractivity contribution is -0.0122. The maximum absolute atomic E-state index is 9.59. The van der Waals surface area contributed by atoms with Gasteiger partial charge in [-0.1, -0.05) is 11.6 Å². The lowest BCUT2D eigenvalue weighted by atomic mass is 10.2. The van der Waals surface area contributed by atoms with E-state index < -0.39 is 6.10 Å². The van der Waals surface area contributed by atoms with E-state index in [9.17, 15) is 5.11 Å². The quantitative estimate of drug-likeness (QED) is 0.861. The van der Waals surface area contributed by atoms with Crippen LogP contribution in [0, 0.1) is 11.3 Å². The Labute approximate surface area is 112 Å². The predicted octanol–water partition coefficient (Wildman–Crippen LogP) is 2.38. The molecule has 0 radical (unpaired) electrons. The van der Waals surface area contributed by atoms with Crippen molar-refractivity contribution in [3.8, 4) is 11.8 Å². The molecule has 1 N–H and O–H groups in total. The lowest BCUT2D eigenvalue weighted by Crippen LogP contribution is -2.25. The van der Waals surface area contributed by atoms with Crippen molar-refractivity contribution in [3.63, 3.8) is 0 Å². The van der Waals surface area contributed by atoms with Crippen molar-refractivity contribution in [2.24, 2.45) is 0 Å². The van der Waals surface area contributed by atoms with Gasteiger partial charge in [0, 0.05) is 6.07 Å². The summed E-state index contributed by atoms with van der Waals surface area (Å²) in [5.74, 6) is 0.516. The standard InChI is InChI=1S/C13H16ClNO3/c1-9(2)17-7-11(16)8-18-12-4-3-10(6-15)13(14)5-12/h3-5,9,11,16H,7-8H2,1-2H3. The zero-order valence-electron chi connectivity index (χ0n) is 10.4. The van der Waals surface area contributed by atoms with E-state index in [1.807, 2.05) is 19.9 Å². The van der Waals surface area contributed by atoms with Crippen LogP contribution in [0.4, 0.5) is 0 Å². The van der Waals surface area contributed by atoms with Gasteiger partial charge in [0.1, 0.15) is 24.5 Å². The molecule has 0 aromatic heterocycles. The molecule has 0 aliphatic rings. The SMILES string of the molecule is CC(C)OCC(O)COc1ccc(C#N)c(Cl)c1. The van der Waals surface area contributed by atoms with Crippen molar-refractivity contribution in [3.05, 3.63) is 28.8 Å². The molecule has 18 heavy (non-hydrogen) atoms. The van der Waals surface area contributed by atoms with Crippen LogP contribution in [-0.4, -0.2) is 30.5 Å². The van der Waals surface area contributed by atoms with Gasteiger partial charge in [0.25, 0.3) is 0 Å². The number of benzene rings is 1. The molecule has 1 rings (SSSR count). The number of nitrogens with zero attached hydrogens (tertiary/aromatic N) is 1. The Morgan fingerprint density at radius 2 is 2.11 bits per heavy atom. The summed E-state index contributed by atoms with van der Waals surface area (Å²) >= 11 is 5.86. The van der Waals surface area contributed by atoms with E-state index in [4.69, 9.17) is 26.3 Å². The van der Waals surface area contributed by atoms with Gasteiger partial charge in [-0.15, -0.1) is 0 Å². The fourth-order valence-electron chi connectivity index (χ4n) is 1.22. The summed E-state index contributed by atoms with van der Waals surface area (Å²) in [6.45, 7) is 4.14. The van der Waals surface area contributed by atoms with E-state index in [0.29, 0.717) is 16.3 Å².